The van der Waals surface area contributed by atoms with Gasteiger partial charge >= 0.3 is 0 Å². The summed E-state index contributed by atoms with van der Waals surface area (Å²) >= 11 is 1.61. The van der Waals surface area contributed by atoms with Gasteiger partial charge in [-0.1, -0.05) is 0 Å². The zero-order chi connectivity index (χ0) is 16.4. The normalized spacial score (nSPS) is 15.8. The van der Waals surface area contributed by atoms with Crippen LogP contribution in [0.3, 0.4) is 0 Å². The van der Waals surface area contributed by atoms with Gasteiger partial charge in [0.1, 0.15) is 11.5 Å². The molecule has 1 aliphatic rings. The zero-order valence-corrected chi connectivity index (χ0v) is 14.1. The summed E-state index contributed by atoms with van der Waals surface area (Å²) in [5, 5.41) is 2.07. The molecule has 3 aromatic rings. The van der Waals surface area contributed by atoms with Crippen molar-refractivity contribution >= 4 is 17.2 Å². The fraction of sp³-hybridized carbons (Fsp3) is 0.353. The Labute approximate surface area is 144 Å². The largest absolute Gasteiger partial charge is 0.357 e. The minimum atomic E-state index is 0.0873. The average molecular weight is 341 g/mol. The molecule has 3 aromatic heterocycles. The second-order valence-electron chi connectivity index (χ2n) is 6.04. The molecule has 1 N–H and O–H groups in total. The van der Waals surface area contributed by atoms with Crippen LogP contribution in [0.5, 0.6) is 0 Å². The minimum absolute atomic E-state index is 0.0873. The Morgan fingerprint density at radius 3 is 2.92 bits per heavy atom. The highest BCUT2D eigenvalue weighted by Gasteiger charge is 2.27. The van der Waals surface area contributed by atoms with Crippen LogP contribution in [0.15, 0.2) is 41.6 Å². The summed E-state index contributed by atoms with van der Waals surface area (Å²) in [6, 6.07) is 3.68. The van der Waals surface area contributed by atoms with Crippen LogP contribution in [0.2, 0.25) is 0 Å². The van der Waals surface area contributed by atoms with Crippen LogP contribution in [0.1, 0.15) is 40.8 Å². The smallest absolute Gasteiger partial charge is 0.270 e. The number of thiazole rings is 1. The van der Waals surface area contributed by atoms with Gasteiger partial charge in [-0.2, -0.15) is 0 Å². The summed E-state index contributed by atoms with van der Waals surface area (Å²) in [5.74, 6) is 1.59. The summed E-state index contributed by atoms with van der Waals surface area (Å²) in [7, 11) is 0. The molecule has 0 atom stereocenters. The van der Waals surface area contributed by atoms with E-state index in [2.05, 4.69) is 24.9 Å². The fourth-order valence-electron chi connectivity index (χ4n) is 3.28. The van der Waals surface area contributed by atoms with Gasteiger partial charge in [-0.15, -0.1) is 11.3 Å². The number of carbonyl (C=O) groups is 1. The monoisotopic (exact) mass is 341 g/mol. The lowest BCUT2D eigenvalue weighted by Crippen LogP contribution is -2.38. The Kier molecular flexibility index (Phi) is 4.17. The van der Waals surface area contributed by atoms with Gasteiger partial charge in [0.05, 0.1) is 17.7 Å². The number of amides is 1. The van der Waals surface area contributed by atoms with Gasteiger partial charge in [0.25, 0.3) is 5.91 Å². The molecule has 0 aromatic carbocycles. The maximum Gasteiger partial charge on any atom is 0.270 e. The van der Waals surface area contributed by atoms with Gasteiger partial charge in [-0.05, 0) is 25.0 Å². The highest BCUT2D eigenvalue weighted by molar-refractivity contribution is 7.07. The number of aromatic amines is 1. The van der Waals surface area contributed by atoms with Crippen molar-refractivity contribution in [2.45, 2.75) is 25.3 Å². The first kappa shape index (κ1) is 15.1. The Bertz CT molecular complexity index is 785. The van der Waals surface area contributed by atoms with Crippen LogP contribution in [0.25, 0.3) is 0 Å². The van der Waals surface area contributed by atoms with Crippen molar-refractivity contribution in [1.29, 1.82) is 0 Å². The summed E-state index contributed by atoms with van der Waals surface area (Å²) in [5.41, 5.74) is 3.59. The molecule has 4 rings (SSSR count). The lowest BCUT2D eigenvalue weighted by atomic mass is 9.95. The third kappa shape index (κ3) is 2.99. The second kappa shape index (κ2) is 6.60. The molecule has 0 radical (unpaired) electrons. The fourth-order valence-corrected chi connectivity index (χ4v) is 3.83. The standard InChI is InChI=1S/C17H19N5OS/c23-17(15-2-1-5-18-15)21-7-3-13(4-8-21)16-19-6-9-22(16)10-14-11-24-12-20-14/h1-2,5-6,9,11-13,18H,3-4,7-8,10H2. The number of hydrogen-bond acceptors (Lipinski definition) is 4. The first-order valence-electron chi connectivity index (χ1n) is 8.12. The van der Waals surface area contributed by atoms with Crippen molar-refractivity contribution in [3.05, 3.63) is 58.8 Å². The predicted molar refractivity (Wildman–Crippen MR) is 92.1 cm³/mol. The third-order valence-corrected chi connectivity index (χ3v) is 5.17. The molecule has 0 saturated carbocycles. The van der Waals surface area contributed by atoms with E-state index in [0.29, 0.717) is 11.6 Å². The summed E-state index contributed by atoms with van der Waals surface area (Å²) in [6.45, 7) is 2.30. The van der Waals surface area contributed by atoms with Crippen molar-refractivity contribution in [2.24, 2.45) is 0 Å². The zero-order valence-electron chi connectivity index (χ0n) is 13.3. The number of aromatic nitrogens is 4. The van der Waals surface area contributed by atoms with Gasteiger partial charge in [-0.3, -0.25) is 4.79 Å². The van der Waals surface area contributed by atoms with Crippen molar-refractivity contribution in [1.82, 2.24) is 24.4 Å². The molecule has 1 fully saturated rings. The van der Waals surface area contributed by atoms with E-state index < -0.39 is 0 Å². The molecule has 0 spiro atoms. The van der Waals surface area contributed by atoms with E-state index in [-0.39, 0.29) is 5.91 Å². The Morgan fingerprint density at radius 1 is 1.33 bits per heavy atom. The number of likely N-dealkylation sites (tertiary alicyclic amines) is 1. The van der Waals surface area contributed by atoms with Crippen LogP contribution in [0.4, 0.5) is 0 Å². The maximum atomic E-state index is 12.4. The Morgan fingerprint density at radius 2 is 2.21 bits per heavy atom. The number of imidazole rings is 1. The van der Waals surface area contributed by atoms with E-state index in [4.69, 9.17) is 0 Å². The van der Waals surface area contributed by atoms with Crippen LogP contribution in [-0.4, -0.2) is 43.4 Å². The number of hydrogen-bond donors (Lipinski definition) is 1. The molecule has 124 valence electrons. The van der Waals surface area contributed by atoms with Crippen molar-refractivity contribution in [2.75, 3.05) is 13.1 Å². The summed E-state index contributed by atoms with van der Waals surface area (Å²) in [4.78, 5) is 26.2. The number of nitrogens with zero attached hydrogens (tertiary/aromatic N) is 4. The van der Waals surface area contributed by atoms with E-state index in [0.717, 1.165) is 44.0 Å². The first-order chi connectivity index (χ1) is 11.8. The topological polar surface area (TPSA) is 66.8 Å². The quantitative estimate of drug-likeness (QED) is 0.793. The van der Waals surface area contributed by atoms with Crippen LogP contribution in [-0.2, 0) is 6.54 Å². The van der Waals surface area contributed by atoms with Crippen LogP contribution >= 0.6 is 11.3 Å². The molecule has 0 aliphatic carbocycles. The maximum absolute atomic E-state index is 12.4. The molecule has 1 amide bonds. The molecule has 7 heteroatoms. The van der Waals surface area contributed by atoms with E-state index in [1.54, 1.807) is 17.5 Å². The second-order valence-corrected chi connectivity index (χ2v) is 6.76. The molecular weight excluding hydrogens is 322 g/mol. The van der Waals surface area contributed by atoms with Gasteiger partial charge in [0, 0.05) is 43.0 Å². The molecule has 0 bridgehead atoms. The third-order valence-electron chi connectivity index (χ3n) is 4.54. The molecule has 0 unspecified atom stereocenters. The average Bonchev–Trinajstić information content (AvgIpc) is 3.37. The van der Waals surface area contributed by atoms with Crippen LogP contribution < -0.4 is 0 Å². The molecular formula is C17H19N5OS. The summed E-state index contributed by atoms with van der Waals surface area (Å²) in [6.07, 6.45) is 7.56. The van der Waals surface area contributed by atoms with Crippen LogP contribution in [0, 0.1) is 0 Å². The van der Waals surface area contributed by atoms with Crippen molar-refractivity contribution < 1.29 is 4.79 Å². The molecule has 24 heavy (non-hydrogen) atoms. The number of H-pyrrole nitrogens is 1. The van der Waals surface area contributed by atoms with Gasteiger partial charge < -0.3 is 14.5 Å². The first-order valence-corrected chi connectivity index (χ1v) is 9.06. The molecule has 1 aliphatic heterocycles. The highest BCUT2D eigenvalue weighted by Crippen LogP contribution is 2.28. The lowest BCUT2D eigenvalue weighted by molar-refractivity contribution is 0.0705. The Balaban J connectivity index is 1.41. The van der Waals surface area contributed by atoms with Gasteiger partial charge in [0.2, 0.25) is 0 Å². The molecule has 6 nitrogen and oxygen atoms in total. The highest BCUT2D eigenvalue weighted by atomic mass is 32.1. The SMILES string of the molecule is O=C(c1ccc[nH]1)N1CCC(c2nccn2Cc2cscn2)CC1. The van der Waals surface area contributed by atoms with E-state index in [1.165, 1.54) is 0 Å². The lowest BCUT2D eigenvalue weighted by Gasteiger charge is -2.31. The van der Waals surface area contributed by atoms with Crippen molar-refractivity contribution in [3.63, 3.8) is 0 Å². The predicted octanol–water partition coefficient (Wildman–Crippen LogP) is 2.74. The Hall–Kier alpha value is -2.41. The van der Waals surface area contributed by atoms with E-state index in [9.17, 15) is 4.79 Å². The minimum Gasteiger partial charge on any atom is -0.357 e. The van der Waals surface area contributed by atoms with E-state index >= 15 is 0 Å². The van der Waals surface area contributed by atoms with Gasteiger partial charge in [-0.25, -0.2) is 9.97 Å². The number of rotatable bonds is 4. The molecule has 4 heterocycles. The van der Waals surface area contributed by atoms with E-state index in [1.807, 2.05) is 34.9 Å². The number of carbonyl (C=O) groups excluding carboxylic acids is 1. The van der Waals surface area contributed by atoms with Crippen molar-refractivity contribution in [3.8, 4) is 0 Å². The number of nitrogens with one attached hydrogen (secondary N) is 1. The van der Waals surface area contributed by atoms with Gasteiger partial charge in [0.15, 0.2) is 0 Å². The molecule has 1 saturated heterocycles. The number of piperidine rings is 1. The summed E-state index contributed by atoms with van der Waals surface area (Å²) < 4.78 is 2.18.